The van der Waals surface area contributed by atoms with Crippen molar-refractivity contribution in [2.24, 2.45) is 0 Å². The van der Waals surface area contributed by atoms with Crippen LogP contribution in [-0.2, 0) is 0 Å². The van der Waals surface area contributed by atoms with Crippen LogP contribution in [0.5, 0.6) is 0 Å². The summed E-state index contributed by atoms with van der Waals surface area (Å²) in [6.45, 7) is 1.88. The van der Waals surface area contributed by atoms with Crippen LogP contribution in [0.3, 0.4) is 0 Å². The number of aryl methyl sites for hydroxylation is 1. The number of amides is 2. The number of nitrogens with one attached hydrogen (secondary N) is 2. The topological polar surface area (TPSA) is 54.0 Å². The summed E-state index contributed by atoms with van der Waals surface area (Å²) in [6, 6.07) is 8.76. The third-order valence-electron chi connectivity index (χ3n) is 3.07. The highest BCUT2D eigenvalue weighted by Crippen LogP contribution is 2.31. The largest absolute Gasteiger partial charge is 0.325 e. The van der Waals surface area contributed by atoms with Crippen LogP contribution in [0.4, 0.5) is 20.0 Å². The number of fused-ring (bicyclic) bond motifs is 1. The monoisotopic (exact) mass is 335 g/mol. The molecule has 0 aliphatic rings. The molecule has 3 rings (SSSR count). The number of hydrogen-bond donors (Lipinski definition) is 2. The molecule has 0 bridgehead atoms. The van der Waals surface area contributed by atoms with E-state index >= 15 is 0 Å². The van der Waals surface area contributed by atoms with Gasteiger partial charge in [0.2, 0.25) is 0 Å². The molecular weight excluding hydrogens is 325 g/mol. The molecular formula is C15H11ClFN3OS. The van der Waals surface area contributed by atoms with E-state index in [4.69, 9.17) is 11.6 Å². The minimum atomic E-state index is -0.436. The lowest BCUT2D eigenvalue weighted by Gasteiger charge is -2.04. The molecule has 0 saturated heterocycles. The smallest absolute Gasteiger partial charge is 0.308 e. The Morgan fingerprint density at radius 1 is 1.18 bits per heavy atom. The second-order valence-electron chi connectivity index (χ2n) is 4.62. The Morgan fingerprint density at radius 2 is 1.91 bits per heavy atom. The van der Waals surface area contributed by atoms with Crippen molar-refractivity contribution < 1.29 is 9.18 Å². The fraction of sp³-hybridized carbons (Fsp3) is 0.0667. The van der Waals surface area contributed by atoms with Crippen LogP contribution in [0.15, 0.2) is 36.4 Å². The molecule has 7 heteroatoms. The fourth-order valence-corrected chi connectivity index (χ4v) is 3.02. The van der Waals surface area contributed by atoms with E-state index in [0.717, 1.165) is 15.8 Å². The van der Waals surface area contributed by atoms with E-state index in [1.165, 1.54) is 35.6 Å². The van der Waals surface area contributed by atoms with Crippen LogP contribution in [0.1, 0.15) is 5.56 Å². The molecule has 3 aromatic rings. The zero-order chi connectivity index (χ0) is 15.7. The molecule has 1 aromatic heterocycles. The highest BCUT2D eigenvalue weighted by molar-refractivity contribution is 7.22. The molecule has 0 atom stereocenters. The van der Waals surface area contributed by atoms with Crippen LogP contribution in [0, 0.1) is 12.7 Å². The maximum Gasteiger partial charge on any atom is 0.325 e. The van der Waals surface area contributed by atoms with E-state index in [2.05, 4.69) is 15.6 Å². The highest BCUT2D eigenvalue weighted by Gasteiger charge is 2.11. The molecule has 4 nitrogen and oxygen atoms in total. The number of aromatic nitrogens is 1. The Kier molecular flexibility index (Phi) is 3.96. The maximum atomic E-state index is 12.8. The van der Waals surface area contributed by atoms with E-state index in [-0.39, 0.29) is 5.82 Å². The zero-order valence-electron chi connectivity index (χ0n) is 11.5. The quantitative estimate of drug-likeness (QED) is 0.689. The van der Waals surface area contributed by atoms with Gasteiger partial charge in [0, 0.05) is 10.7 Å². The van der Waals surface area contributed by atoms with Gasteiger partial charge in [0.15, 0.2) is 5.13 Å². The minimum absolute atomic E-state index is 0.357. The molecule has 0 radical (unpaired) electrons. The van der Waals surface area contributed by atoms with E-state index < -0.39 is 6.03 Å². The summed E-state index contributed by atoms with van der Waals surface area (Å²) in [5.74, 6) is -0.357. The number of carbonyl (C=O) groups excluding carboxylic acids is 1. The Labute approximate surface area is 134 Å². The summed E-state index contributed by atoms with van der Waals surface area (Å²) in [7, 11) is 0. The van der Waals surface area contributed by atoms with Crippen LogP contribution in [-0.4, -0.2) is 11.0 Å². The number of rotatable bonds is 2. The van der Waals surface area contributed by atoms with Crippen molar-refractivity contribution in [1.82, 2.24) is 4.98 Å². The first-order valence-corrected chi connectivity index (χ1v) is 7.61. The maximum absolute atomic E-state index is 12.8. The Hall–Kier alpha value is -2.18. The average Bonchev–Trinajstić information content (AvgIpc) is 2.89. The molecule has 0 unspecified atom stereocenters. The van der Waals surface area contributed by atoms with E-state index in [9.17, 15) is 9.18 Å². The third-order valence-corrected chi connectivity index (χ3v) is 4.42. The number of anilines is 2. The van der Waals surface area contributed by atoms with Crippen molar-refractivity contribution in [3.8, 4) is 0 Å². The lowest BCUT2D eigenvalue weighted by molar-refractivity contribution is 0.262. The van der Waals surface area contributed by atoms with Crippen molar-refractivity contribution in [1.29, 1.82) is 0 Å². The molecule has 0 aliphatic carbocycles. The van der Waals surface area contributed by atoms with E-state index in [1.807, 2.05) is 13.0 Å². The van der Waals surface area contributed by atoms with Gasteiger partial charge in [-0.25, -0.2) is 14.2 Å². The summed E-state index contributed by atoms with van der Waals surface area (Å²) in [4.78, 5) is 16.3. The number of nitrogens with zero attached hydrogens (tertiary/aromatic N) is 1. The number of carbonyl (C=O) groups is 1. The van der Waals surface area contributed by atoms with Crippen molar-refractivity contribution >= 4 is 50.0 Å². The first-order valence-electron chi connectivity index (χ1n) is 6.42. The normalized spacial score (nSPS) is 10.7. The summed E-state index contributed by atoms with van der Waals surface area (Å²) in [5, 5.41) is 6.38. The second-order valence-corrected chi connectivity index (χ2v) is 6.06. The molecule has 112 valence electrons. The van der Waals surface area contributed by atoms with E-state index in [0.29, 0.717) is 15.8 Å². The first kappa shape index (κ1) is 14.7. The van der Waals surface area contributed by atoms with Crippen LogP contribution in [0.2, 0.25) is 5.02 Å². The number of urea groups is 1. The van der Waals surface area contributed by atoms with Gasteiger partial charge >= 0.3 is 6.03 Å². The third kappa shape index (κ3) is 3.03. The van der Waals surface area contributed by atoms with Gasteiger partial charge in [-0.15, -0.1) is 0 Å². The molecule has 2 amide bonds. The number of halogens is 2. The lowest BCUT2D eigenvalue weighted by atomic mass is 10.2. The SMILES string of the molecule is Cc1c(Cl)ccc2sc(NC(=O)Nc3ccc(F)cc3)nc12. The fourth-order valence-electron chi connectivity index (χ4n) is 1.95. The summed E-state index contributed by atoms with van der Waals surface area (Å²) >= 11 is 7.42. The van der Waals surface area contributed by atoms with Gasteiger partial charge in [0.05, 0.1) is 10.2 Å². The van der Waals surface area contributed by atoms with Gasteiger partial charge in [0.1, 0.15) is 5.82 Å². The van der Waals surface area contributed by atoms with Crippen molar-refractivity contribution in [2.45, 2.75) is 6.92 Å². The predicted molar refractivity (Wildman–Crippen MR) is 88.4 cm³/mol. The van der Waals surface area contributed by atoms with E-state index in [1.54, 1.807) is 6.07 Å². The number of hydrogen-bond acceptors (Lipinski definition) is 3. The average molecular weight is 336 g/mol. The van der Waals surface area contributed by atoms with Gasteiger partial charge in [-0.3, -0.25) is 5.32 Å². The van der Waals surface area contributed by atoms with Gasteiger partial charge in [-0.2, -0.15) is 0 Å². The summed E-state index contributed by atoms with van der Waals surface area (Å²) in [6.07, 6.45) is 0. The van der Waals surface area contributed by atoms with Crippen molar-refractivity contribution in [3.63, 3.8) is 0 Å². The Morgan fingerprint density at radius 3 is 2.64 bits per heavy atom. The van der Waals surface area contributed by atoms with Gasteiger partial charge in [-0.05, 0) is 48.9 Å². The van der Waals surface area contributed by atoms with Gasteiger partial charge in [-0.1, -0.05) is 22.9 Å². The second kappa shape index (κ2) is 5.90. The molecule has 0 fully saturated rings. The molecule has 2 N–H and O–H groups in total. The van der Waals surface area contributed by atoms with Crippen LogP contribution in [0.25, 0.3) is 10.2 Å². The predicted octanol–water partition coefficient (Wildman–Crippen LogP) is 5.04. The summed E-state index contributed by atoms with van der Waals surface area (Å²) < 4.78 is 13.8. The van der Waals surface area contributed by atoms with Crippen molar-refractivity contribution in [2.75, 3.05) is 10.6 Å². The zero-order valence-corrected chi connectivity index (χ0v) is 13.1. The molecule has 0 aliphatic heterocycles. The van der Waals surface area contributed by atoms with Gasteiger partial charge in [0.25, 0.3) is 0 Å². The minimum Gasteiger partial charge on any atom is -0.308 e. The first-order chi connectivity index (χ1) is 10.5. The van der Waals surface area contributed by atoms with Gasteiger partial charge < -0.3 is 5.32 Å². The molecule has 0 saturated carbocycles. The molecule has 22 heavy (non-hydrogen) atoms. The van der Waals surface area contributed by atoms with Crippen molar-refractivity contribution in [3.05, 3.63) is 52.8 Å². The molecule has 1 heterocycles. The standard InChI is InChI=1S/C15H11ClFN3OS/c1-8-11(16)6-7-12-13(8)19-15(22-12)20-14(21)18-10-4-2-9(17)3-5-10/h2-7H,1H3,(H2,18,19,20,21). The Balaban J connectivity index is 1.76. The van der Waals surface area contributed by atoms with Crippen LogP contribution < -0.4 is 10.6 Å². The highest BCUT2D eigenvalue weighted by atomic mass is 35.5. The summed E-state index contributed by atoms with van der Waals surface area (Å²) in [5.41, 5.74) is 2.15. The molecule has 2 aromatic carbocycles. The van der Waals surface area contributed by atoms with Crippen LogP contribution >= 0.6 is 22.9 Å². The molecule has 0 spiro atoms. The lowest BCUT2D eigenvalue weighted by Crippen LogP contribution is -2.19. The number of thiazole rings is 1. The Bertz CT molecular complexity index is 848. The number of benzene rings is 2.